The Morgan fingerprint density at radius 3 is 2.72 bits per heavy atom. The number of aryl methyl sites for hydroxylation is 2. The van der Waals surface area contributed by atoms with Crippen LogP contribution >= 0.6 is 15.9 Å². The lowest BCUT2D eigenvalue weighted by molar-refractivity contribution is 0.0694. The van der Waals surface area contributed by atoms with Crippen molar-refractivity contribution in [2.75, 3.05) is 11.9 Å². The molecule has 0 aromatic carbocycles. The van der Waals surface area contributed by atoms with E-state index in [0.717, 1.165) is 30.5 Å². The molecule has 18 heavy (non-hydrogen) atoms. The zero-order valence-corrected chi connectivity index (χ0v) is 13.2. The summed E-state index contributed by atoms with van der Waals surface area (Å²) in [5, 5.41) is 5.24. The molecular weight excluding hydrogens is 294 g/mol. The molecular formula is C13H22BrN3O. The number of carbonyl (C=O) groups is 1. The van der Waals surface area contributed by atoms with Crippen LogP contribution in [0.3, 0.4) is 0 Å². The second-order valence-electron chi connectivity index (χ2n) is 4.62. The van der Waals surface area contributed by atoms with E-state index in [1.54, 1.807) is 4.68 Å². The molecule has 1 heterocycles. The van der Waals surface area contributed by atoms with Crippen LogP contribution in [0.4, 0.5) is 0 Å². The van der Waals surface area contributed by atoms with E-state index < -0.39 is 0 Å². The number of hydrogen-bond donors (Lipinski definition) is 0. The summed E-state index contributed by atoms with van der Waals surface area (Å²) in [5.41, 5.74) is 1.59. The second-order valence-corrected chi connectivity index (χ2v) is 5.41. The van der Waals surface area contributed by atoms with Gasteiger partial charge in [-0.2, -0.15) is 5.10 Å². The molecule has 1 aromatic heterocycles. The van der Waals surface area contributed by atoms with Gasteiger partial charge in [-0.3, -0.25) is 9.48 Å². The summed E-state index contributed by atoms with van der Waals surface area (Å²) in [5.74, 6) is 0.0772. The van der Waals surface area contributed by atoms with E-state index in [-0.39, 0.29) is 11.9 Å². The van der Waals surface area contributed by atoms with Crippen molar-refractivity contribution < 1.29 is 4.79 Å². The minimum absolute atomic E-state index is 0.0772. The molecule has 0 saturated heterocycles. The largest absolute Gasteiger partial charge is 0.335 e. The van der Waals surface area contributed by atoms with Gasteiger partial charge >= 0.3 is 0 Å². The van der Waals surface area contributed by atoms with Crippen LogP contribution in [0.15, 0.2) is 6.07 Å². The Balaban J connectivity index is 2.94. The monoisotopic (exact) mass is 315 g/mol. The van der Waals surface area contributed by atoms with Crippen LogP contribution in [0.1, 0.15) is 43.4 Å². The van der Waals surface area contributed by atoms with Gasteiger partial charge in [0.25, 0.3) is 5.91 Å². The molecule has 0 aliphatic heterocycles. The minimum atomic E-state index is 0.0772. The fourth-order valence-electron chi connectivity index (χ4n) is 1.93. The Morgan fingerprint density at radius 1 is 1.56 bits per heavy atom. The highest BCUT2D eigenvalue weighted by Gasteiger charge is 2.22. The summed E-state index contributed by atoms with van der Waals surface area (Å²) in [7, 11) is 0. The number of alkyl halides is 1. The summed E-state index contributed by atoms with van der Waals surface area (Å²) in [6.45, 7) is 9.51. The van der Waals surface area contributed by atoms with Crippen molar-refractivity contribution in [1.82, 2.24) is 14.7 Å². The van der Waals surface area contributed by atoms with E-state index in [4.69, 9.17) is 0 Å². The number of carbonyl (C=O) groups excluding carboxylic acids is 1. The lowest BCUT2D eigenvalue weighted by Gasteiger charge is -2.26. The van der Waals surface area contributed by atoms with E-state index in [2.05, 4.69) is 21.0 Å². The van der Waals surface area contributed by atoms with Crippen molar-refractivity contribution in [3.8, 4) is 0 Å². The summed E-state index contributed by atoms with van der Waals surface area (Å²) >= 11 is 3.41. The van der Waals surface area contributed by atoms with Crippen LogP contribution in [0, 0.1) is 6.92 Å². The summed E-state index contributed by atoms with van der Waals surface area (Å²) < 4.78 is 1.78. The molecule has 0 aliphatic carbocycles. The molecule has 1 aromatic rings. The molecule has 1 rings (SSSR count). The number of rotatable bonds is 6. The first-order chi connectivity index (χ1) is 8.51. The van der Waals surface area contributed by atoms with Crippen LogP contribution in [0.25, 0.3) is 0 Å². The highest BCUT2D eigenvalue weighted by atomic mass is 79.9. The van der Waals surface area contributed by atoms with Gasteiger partial charge in [-0.15, -0.1) is 0 Å². The highest BCUT2D eigenvalue weighted by molar-refractivity contribution is 9.09. The topological polar surface area (TPSA) is 38.1 Å². The highest BCUT2D eigenvalue weighted by Crippen LogP contribution is 2.11. The van der Waals surface area contributed by atoms with Crippen molar-refractivity contribution in [1.29, 1.82) is 0 Å². The van der Waals surface area contributed by atoms with Crippen molar-refractivity contribution in [2.45, 2.75) is 46.7 Å². The maximum absolute atomic E-state index is 12.5. The first kappa shape index (κ1) is 15.2. The van der Waals surface area contributed by atoms with Crippen LogP contribution in [0.5, 0.6) is 0 Å². The molecule has 0 spiro atoms. The Labute approximate surface area is 117 Å². The molecule has 4 nitrogen and oxygen atoms in total. The first-order valence-electron chi connectivity index (χ1n) is 6.42. The van der Waals surface area contributed by atoms with Crippen LogP contribution in [-0.2, 0) is 6.54 Å². The van der Waals surface area contributed by atoms with Gasteiger partial charge in [0.1, 0.15) is 5.69 Å². The van der Waals surface area contributed by atoms with Crippen molar-refractivity contribution >= 4 is 21.8 Å². The summed E-state index contributed by atoms with van der Waals surface area (Å²) in [6, 6.07) is 2.08. The molecule has 0 aliphatic rings. The van der Waals surface area contributed by atoms with Crippen molar-refractivity contribution in [3.05, 3.63) is 17.5 Å². The molecule has 0 radical (unpaired) electrons. The fraction of sp³-hybridized carbons (Fsp3) is 0.692. The Hall–Kier alpha value is -0.840. The van der Waals surface area contributed by atoms with Gasteiger partial charge in [-0.05, 0) is 40.2 Å². The molecule has 1 amide bonds. The van der Waals surface area contributed by atoms with Gasteiger partial charge in [0.2, 0.25) is 0 Å². The third kappa shape index (κ3) is 3.57. The second kappa shape index (κ2) is 6.92. The van der Waals surface area contributed by atoms with Gasteiger partial charge in [-0.25, -0.2) is 0 Å². The Morgan fingerprint density at radius 2 is 2.22 bits per heavy atom. The number of halogens is 1. The van der Waals surface area contributed by atoms with Crippen molar-refractivity contribution in [3.63, 3.8) is 0 Å². The zero-order valence-electron chi connectivity index (χ0n) is 11.6. The standard InChI is InChI=1S/C13H22BrN3O/c1-5-17-12(9-11(4)15-17)13(18)16(10(2)3)8-6-7-14/h9-10H,5-8H2,1-4H3. The van der Waals surface area contributed by atoms with E-state index in [9.17, 15) is 4.79 Å². The third-order valence-corrected chi connectivity index (χ3v) is 3.40. The zero-order chi connectivity index (χ0) is 13.7. The summed E-state index contributed by atoms with van der Waals surface area (Å²) in [6.07, 6.45) is 0.961. The van der Waals surface area contributed by atoms with Gasteiger partial charge in [0.15, 0.2) is 0 Å². The van der Waals surface area contributed by atoms with E-state index >= 15 is 0 Å². The lowest BCUT2D eigenvalue weighted by Crippen LogP contribution is -2.39. The molecule has 0 N–H and O–H groups in total. The molecule has 0 atom stereocenters. The first-order valence-corrected chi connectivity index (χ1v) is 7.54. The maximum atomic E-state index is 12.5. The fourth-order valence-corrected chi connectivity index (χ4v) is 2.18. The number of nitrogens with zero attached hydrogens (tertiary/aromatic N) is 3. The molecule has 0 unspecified atom stereocenters. The van der Waals surface area contributed by atoms with Crippen molar-refractivity contribution in [2.24, 2.45) is 0 Å². The van der Waals surface area contributed by atoms with Gasteiger partial charge in [0.05, 0.1) is 5.69 Å². The average molecular weight is 316 g/mol. The van der Waals surface area contributed by atoms with Crippen LogP contribution in [0.2, 0.25) is 0 Å². The Kier molecular flexibility index (Phi) is 5.85. The van der Waals surface area contributed by atoms with Crippen LogP contribution in [-0.4, -0.2) is 38.5 Å². The van der Waals surface area contributed by atoms with E-state index in [0.29, 0.717) is 5.69 Å². The maximum Gasteiger partial charge on any atom is 0.272 e. The van der Waals surface area contributed by atoms with Crippen LogP contribution < -0.4 is 0 Å². The third-order valence-electron chi connectivity index (χ3n) is 2.84. The molecule has 0 saturated carbocycles. The summed E-state index contributed by atoms with van der Waals surface area (Å²) in [4.78, 5) is 14.4. The van der Waals surface area contributed by atoms with Gasteiger partial charge in [-0.1, -0.05) is 15.9 Å². The van der Waals surface area contributed by atoms with E-state index in [1.807, 2.05) is 38.7 Å². The minimum Gasteiger partial charge on any atom is -0.335 e. The number of aromatic nitrogens is 2. The predicted octanol–water partition coefficient (Wildman–Crippen LogP) is 2.85. The van der Waals surface area contributed by atoms with Gasteiger partial charge in [0, 0.05) is 24.5 Å². The molecule has 102 valence electrons. The number of amides is 1. The quantitative estimate of drug-likeness (QED) is 0.757. The molecule has 0 fully saturated rings. The lowest BCUT2D eigenvalue weighted by atomic mass is 10.2. The Bertz CT molecular complexity index is 401. The molecule has 5 heteroatoms. The smallest absolute Gasteiger partial charge is 0.272 e. The SMILES string of the molecule is CCn1nc(C)cc1C(=O)N(CCCBr)C(C)C. The predicted molar refractivity (Wildman–Crippen MR) is 77.2 cm³/mol. The average Bonchev–Trinajstić information content (AvgIpc) is 2.70. The normalized spacial score (nSPS) is 11.0. The molecule has 0 bridgehead atoms. The van der Waals surface area contributed by atoms with E-state index in [1.165, 1.54) is 0 Å². The van der Waals surface area contributed by atoms with Gasteiger partial charge < -0.3 is 4.90 Å². The number of hydrogen-bond acceptors (Lipinski definition) is 2.